The lowest BCUT2D eigenvalue weighted by atomic mass is 9.96. The Bertz CT molecular complexity index is 998. The molecule has 2 aromatic rings. The second kappa shape index (κ2) is 5.20. The van der Waals surface area contributed by atoms with E-state index >= 15 is 0 Å². The number of anilines is 1. The maximum Gasteiger partial charge on any atom is 0.319 e. The molecule has 1 aliphatic heterocycles. The lowest BCUT2D eigenvalue weighted by Crippen LogP contribution is -2.59. The summed E-state index contributed by atoms with van der Waals surface area (Å²) < 4.78 is 39.9. The fraction of sp³-hybridized carbons (Fsp3) is 0.545. The van der Waals surface area contributed by atoms with Crippen molar-refractivity contribution in [1.82, 2.24) is 19.5 Å². The second-order valence-corrected chi connectivity index (χ2v) is 7.23. The summed E-state index contributed by atoms with van der Waals surface area (Å²) in [4.78, 5) is 21.5. The summed E-state index contributed by atoms with van der Waals surface area (Å²) in [6, 6.07) is 0. The molecule has 1 saturated heterocycles. The molecular weight excluding hydrogens is 362 g/mol. The van der Waals surface area contributed by atoms with Crippen LogP contribution in [-0.2, 0) is 19.9 Å². The van der Waals surface area contributed by atoms with Gasteiger partial charge in [-0.1, -0.05) is 0 Å². The maximum absolute atomic E-state index is 12.2. The third-order valence-electron chi connectivity index (χ3n) is 4.15. The van der Waals surface area contributed by atoms with Gasteiger partial charge in [0.05, 0.1) is 6.61 Å². The normalized spacial score (nSPS) is 33.2. The van der Waals surface area contributed by atoms with Gasteiger partial charge in [-0.15, -0.1) is 0 Å². The fourth-order valence-corrected chi connectivity index (χ4v) is 4.23. The number of rotatable bonds is 3. The van der Waals surface area contributed by atoms with Gasteiger partial charge in [-0.3, -0.25) is 18.9 Å². The number of ether oxygens (including phenoxy) is 1. The van der Waals surface area contributed by atoms with Crippen molar-refractivity contribution in [2.75, 3.05) is 12.3 Å². The Morgan fingerprint density at radius 3 is 2.68 bits per heavy atom. The molecule has 13 nitrogen and oxygen atoms in total. The van der Waals surface area contributed by atoms with Crippen molar-refractivity contribution in [2.24, 2.45) is 0 Å². The number of nitrogen functional groups attached to an aromatic ring is 1. The first kappa shape index (κ1) is 17.7. The number of H-pyrrole nitrogens is 1. The monoisotopic (exact) mass is 377 g/mol. The van der Waals surface area contributed by atoms with E-state index in [4.69, 9.17) is 10.5 Å². The Balaban J connectivity index is 2.43. The number of aliphatic hydroxyl groups excluding tert-OH is 2. The number of aromatic amines is 1. The summed E-state index contributed by atoms with van der Waals surface area (Å²) in [5, 5.41) is 27.0. The van der Waals surface area contributed by atoms with Crippen LogP contribution in [-0.4, -0.2) is 72.2 Å². The zero-order chi connectivity index (χ0) is 18.8. The SMILES string of the molecule is C[C@@]1(O)[C@H](O)[C@@H](CO)O[C@]1(n1cnc2c(=O)[nH]c(N)nc21)S(=O)(=O)O. The van der Waals surface area contributed by atoms with Crippen LogP contribution < -0.4 is 11.3 Å². The van der Waals surface area contributed by atoms with Crippen LogP contribution >= 0.6 is 0 Å². The molecule has 0 amide bonds. The summed E-state index contributed by atoms with van der Waals surface area (Å²) in [5.41, 5.74) is 1.21. The van der Waals surface area contributed by atoms with Crippen LogP contribution in [0, 0.1) is 0 Å². The second-order valence-electron chi connectivity index (χ2n) is 5.73. The van der Waals surface area contributed by atoms with E-state index in [0.29, 0.717) is 4.57 Å². The van der Waals surface area contributed by atoms with E-state index in [1.54, 1.807) is 0 Å². The molecule has 25 heavy (non-hydrogen) atoms. The van der Waals surface area contributed by atoms with E-state index in [1.165, 1.54) is 0 Å². The lowest BCUT2D eigenvalue weighted by Gasteiger charge is -2.36. The van der Waals surface area contributed by atoms with Crippen LogP contribution in [0.1, 0.15) is 6.92 Å². The van der Waals surface area contributed by atoms with E-state index < -0.39 is 50.8 Å². The van der Waals surface area contributed by atoms with Crippen molar-refractivity contribution in [3.05, 3.63) is 16.7 Å². The van der Waals surface area contributed by atoms with Gasteiger partial charge in [-0.25, -0.2) is 4.98 Å². The van der Waals surface area contributed by atoms with Crippen molar-refractivity contribution in [3.8, 4) is 0 Å². The number of aromatic nitrogens is 4. The summed E-state index contributed by atoms with van der Waals surface area (Å²) in [6.07, 6.45) is -2.69. The highest BCUT2D eigenvalue weighted by atomic mass is 32.2. The molecule has 0 spiro atoms. The molecule has 4 atom stereocenters. The first-order chi connectivity index (χ1) is 11.5. The highest BCUT2D eigenvalue weighted by Gasteiger charge is 2.71. The minimum absolute atomic E-state index is 0.349. The minimum atomic E-state index is -5.30. The van der Waals surface area contributed by atoms with Crippen molar-refractivity contribution in [1.29, 1.82) is 0 Å². The number of hydrogen-bond donors (Lipinski definition) is 6. The highest BCUT2D eigenvalue weighted by molar-refractivity contribution is 7.86. The molecule has 0 saturated carbocycles. The van der Waals surface area contributed by atoms with Crippen LogP contribution in [0.5, 0.6) is 0 Å². The van der Waals surface area contributed by atoms with Gasteiger partial charge in [0.15, 0.2) is 16.8 Å². The van der Waals surface area contributed by atoms with Gasteiger partial charge in [0.1, 0.15) is 18.5 Å². The van der Waals surface area contributed by atoms with E-state index in [1.807, 2.05) is 0 Å². The lowest BCUT2D eigenvalue weighted by molar-refractivity contribution is -0.132. The Kier molecular flexibility index (Phi) is 3.68. The largest absolute Gasteiger partial charge is 0.394 e. The quantitative estimate of drug-likeness (QED) is 0.291. The zero-order valence-corrected chi connectivity index (χ0v) is 13.5. The molecule has 7 N–H and O–H groups in total. The number of nitrogens with one attached hydrogen (secondary N) is 1. The zero-order valence-electron chi connectivity index (χ0n) is 12.7. The minimum Gasteiger partial charge on any atom is -0.394 e. The fourth-order valence-electron chi connectivity index (χ4n) is 2.96. The number of aliphatic hydroxyl groups is 3. The third-order valence-corrected chi connectivity index (χ3v) is 5.56. The first-order valence-electron chi connectivity index (χ1n) is 6.87. The van der Waals surface area contributed by atoms with E-state index in [0.717, 1.165) is 13.3 Å². The van der Waals surface area contributed by atoms with E-state index in [-0.39, 0.29) is 11.5 Å². The van der Waals surface area contributed by atoms with Gasteiger partial charge in [-0.05, 0) is 6.92 Å². The van der Waals surface area contributed by atoms with Crippen molar-refractivity contribution < 1.29 is 33.0 Å². The standard InChI is InChI=1S/C11H15N5O8S/c1-10(20)6(18)4(2-17)24-11(10,25(21,22)23)16-3-13-5-7(16)14-9(12)15-8(5)19/h3-4,6,17-18,20H,2H2,1H3,(H,21,22,23)(H3,12,14,15,19)/t4-,6-,10-,11+/m1/s1. The van der Waals surface area contributed by atoms with Crippen LogP contribution in [0.2, 0.25) is 0 Å². The van der Waals surface area contributed by atoms with Crippen molar-refractivity contribution >= 4 is 27.2 Å². The van der Waals surface area contributed by atoms with Gasteiger partial charge in [0.2, 0.25) is 5.95 Å². The average Bonchev–Trinajstić information content (AvgIpc) is 2.98. The molecule has 0 radical (unpaired) electrons. The van der Waals surface area contributed by atoms with Crippen molar-refractivity contribution in [2.45, 2.75) is 29.8 Å². The molecule has 3 rings (SSSR count). The molecule has 1 aliphatic rings. The number of nitrogens with two attached hydrogens (primary N) is 1. The van der Waals surface area contributed by atoms with Gasteiger partial charge in [0, 0.05) is 0 Å². The number of hydrogen-bond acceptors (Lipinski definition) is 10. The molecule has 3 heterocycles. The summed E-state index contributed by atoms with van der Waals surface area (Å²) in [7, 11) is -5.30. The van der Waals surface area contributed by atoms with Crippen LogP contribution in [0.25, 0.3) is 11.2 Å². The Morgan fingerprint density at radius 1 is 1.52 bits per heavy atom. The van der Waals surface area contributed by atoms with Crippen LogP contribution in [0.15, 0.2) is 11.1 Å². The summed E-state index contributed by atoms with van der Waals surface area (Å²) >= 11 is 0. The van der Waals surface area contributed by atoms with Crippen LogP contribution in [0.3, 0.4) is 0 Å². The maximum atomic E-state index is 12.2. The number of nitrogens with zero attached hydrogens (tertiary/aromatic N) is 3. The molecule has 14 heteroatoms. The average molecular weight is 377 g/mol. The summed E-state index contributed by atoms with van der Waals surface area (Å²) in [6.45, 7) is 0.0147. The summed E-state index contributed by atoms with van der Waals surface area (Å²) in [5.74, 6) is -0.387. The van der Waals surface area contributed by atoms with Crippen molar-refractivity contribution in [3.63, 3.8) is 0 Å². The topological polar surface area (TPSA) is 214 Å². The van der Waals surface area contributed by atoms with E-state index in [2.05, 4.69) is 15.0 Å². The Hall–Kier alpha value is -2.10. The van der Waals surface area contributed by atoms with Gasteiger partial charge >= 0.3 is 15.2 Å². The molecule has 0 bridgehead atoms. The molecule has 0 aromatic carbocycles. The van der Waals surface area contributed by atoms with Gasteiger partial charge < -0.3 is 25.8 Å². The molecule has 138 valence electrons. The van der Waals surface area contributed by atoms with Gasteiger partial charge in [-0.2, -0.15) is 13.4 Å². The molecule has 0 unspecified atom stereocenters. The predicted molar refractivity (Wildman–Crippen MR) is 80.7 cm³/mol. The Morgan fingerprint density at radius 2 is 2.16 bits per heavy atom. The Labute approximate surface area is 139 Å². The smallest absolute Gasteiger partial charge is 0.319 e. The number of fused-ring (bicyclic) bond motifs is 1. The molecule has 0 aliphatic carbocycles. The third kappa shape index (κ3) is 2.12. The molecule has 1 fully saturated rings. The predicted octanol–water partition coefficient (Wildman–Crippen LogP) is -3.30. The van der Waals surface area contributed by atoms with Gasteiger partial charge in [0.25, 0.3) is 5.56 Å². The highest BCUT2D eigenvalue weighted by Crippen LogP contribution is 2.47. The molecule has 2 aromatic heterocycles. The molecular formula is C11H15N5O8S. The number of imidazole rings is 1. The first-order valence-corrected chi connectivity index (χ1v) is 8.31. The van der Waals surface area contributed by atoms with Crippen LogP contribution in [0.4, 0.5) is 5.95 Å². The van der Waals surface area contributed by atoms with E-state index in [9.17, 15) is 33.1 Å².